The topological polar surface area (TPSA) is 37.3 Å². The predicted octanol–water partition coefficient (Wildman–Crippen LogP) is 1.44. The molecule has 0 amide bonds. The van der Waals surface area contributed by atoms with E-state index < -0.39 is 22.8 Å². The number of hydrogen-bond acceptors (Lipinski definition) is 2. The van der Waals surface area contributed by atoms with Gasteiger partial charge in [0.05, 0.1) is 5.56 Å². The van der Waals surface area contributed by atoms with Gasteiger partial charge in [-0.05, 0) is 36.2 Å². The molecule has 2 nitrogen and oxygen atoms in total. The van der Waals surface area contributed by atoms with Crippen LogP contribution >= 0.6 is 11.3 Å². The van der Waals surface area contributed by atoms with Crippen molar-refractivity contribution in [3.8, 4) is 11.1 Å². The molecule has 2 aromatic rings. The minimum atomic E-state index is -4.36. The fourth-order valence-electron chi connectivity index (χ4n) is 1.67. The Labute approximate surface area is 144 Å². The largest absolute Gasteiger partial charge is 1.00 e. The number of benzene rings is 1. The van der Waals surface area contributed by atoms with E-state index in [1.165, 1.54) is 18.2 Å². The van der Waals surface area contributed by atoms with Crippen molar-refractivity contribution >= 4 is 22.4 Å². The van der Waals surface area contributed by atoms with Crippen molar-refractivity contribution in [2.24, 2.45) is 0 Å². The molecule has 0 spiro atoms. The zero-order valence-corrected chi connectivity index (χ0v) is 14.3. The van der Waals surface area contributed by atoms with Gasteiger partial charge in [-0.1, -0.05) is 12.1 Å². The van der Waals surface area contributed by atoms with E-state index in [4.69, 9.17) is 4.55 Å². The molecular weight excluding hydrogens is 320 g/mol. The Morgan fingerprint density at radius 2 is 1.80 bits per heavy atom. The number of aryl methyl sites for hydroxylation is 1. The van der Waals surface area contributed by atoms with Crippen molar-refractivity contribution in [1.29, 1.82) is 0 Å². The minimum Gasteiger partial charge on any atom is -1.00 e. The third kappa shape index (κ3) is 3.93. The summed E-state index contributed by atoms with van der Waals surface area (Å²) in [5.74, 6) is 0. The molecule has 0 saturated carbocycles. The van der Waals surface area contributed by atoms with Gasteiger partial charge < -0.3 is 5.98 Å². The minimum absolute atomic E-state index is 0. The molecule has 104 valence electrons. The van der Waals surface area contributed by atoms with Crippen molar-refractivity contribution in [1.82, 2.24) is 0 Å². The number of halogens is 3. The Hall–Kier alpha value is -0.180. The van der Waals surface area contributed by atoms with E-state index >= 15 is 0 Å². The van der Waals surface area contributed by atoms with E-state index in [0.717, 1.165) is 28.3 Å². The maximum atomic E-state index is 12.4. The van der Waals surface area contributed by atoms with Crippen LogP contribution in [0.15, 0.2) is 34.5 Å². The van der Waals surface area contributed by atoms with Crippen molar-refractivity contribution < 1.29 is 52.9 Å². The van der Waals surface area contributed by atoms with Gasteiger partial charge in [0, 0.05) is 4.88 Å². The SMILES string of the molecule is Cc1sc(S(=O)O)cc1-c1ccc(C(F)(F)F)cc1.[H-].[Na+]. The van der Waals surface area contributed by atoms with Crippen molar-refractivity contribution in [2.45, 2.75) is 17.3 Å². The number of hydrogen-bond donors (Lipinski definition) is 1. The maximum absolute atomic E-state index is 12.4. The second kappa shape index (κ2) is 6.72. The van der Waals surface area contributed by atoms with E-state index in [2.05, 4.69) is 0 Å². The summed E-state index contributed by atoms with van der Waals surface area (Å²) >= 11 is -0.917. The second-order valence-corrected chi connectivity index (χ2v) is 6.31. The third-order valence-corrected chi connectivity index (χ3v) is 4.58. The van der Waals surface area contributed by atoms with E-state index in [1.54, 1.807) is 6.92 Å². The molecule has 1 atom stereocenters. The van der Waals surface area contributed by atoms with Crippen LogP contribution < -0.4 is 29.6 Å². The van der Waals surface area contributed by atoms with Gasteiger partial charge in [0.25, 0.3) is 0 Å². The molecule has 0 aliphatic heterocycles. The first-order chi connectivity index (χ1) is 8.79. The molecule has 0 radical (unpaired) electrons. The maximum Gasteiger partial charge on any atom is 1.00 e. The number of alkyl halides is 3. The van der Waals surface area contributed by atoms with Gasteiger partial charge in [-0.25, -0.2) is 4.21 Å². The summed E-state index contributed by atoms with van der Waals surface area (Å²) in [6.07, 6.45) is -4.36. The van der Waals surface area contributed by atoms with Crippen molar-refractivity contribution in [2.75, 3.05) is 0 Å². The molecular formula is C12H10F3NaO2S2. The van der Waals surface area contributed by atoms with Gasteiger partial charge in [-0.3, -0.25) is 0 Å². The molecule has 2 rings (SSSR count). The van der Waals surface area contributed by atoms with Crippen LogP contribution in [0.2, 0.25) is 0 Å². The summed E-state index contributed by atoms with van der Waals surface area (Å²) in [5.41, 5.74) is 0.560. The standard InChI is InChI=1S/C12H9F3O2S2.Na.H/c1-7-10(6-11(18-7)19(16)17)8-2-4-9(5-3-8)12(13,14)15;;/h2-6H,1H3,(H,16,17);;/q;+1;-1. The summed E-state index contributed by atoms with van der Waals surface area (Å²) < 4.78 is 57.6. The van der Waals surface area contributed by atoms with Crippen molar-refractivity contribution in [3.05, 3.63) is 40.8 Å². The normalized spacial score (nSPS) is 12.8. The monoisotopic (exact) mass is 330 g/mol. The zero-order chi connectivity index (χ0) is 14.2. The molecule has 0 bridgehead atoms. The van der Waals surface area contributed by atoms with Crippen LogP contribution in [0.4, 0.5) is 13.2 Å². The fourth-order valence-corrected chi connectivity index (χ4v) is 3.31. The Bertz CT molecular complexity index is 626. The van der Waals surface area contributed by atoms with Crippen LogP contribution in [0.3, 0.4) is 0 Å². The summed E-state index contributed by atoms with van der Waals surface area (Å²) in [7, 11) is 0. The van der Waals surface area contributed by atoms with Gasteiger partial charge in [-0.2, -0.15) is 13.2 Å². The Kier molecular flexibility index (Phi) is 6.01. The van der Waals surface area contributed by atoms with Gasteiger partial charge in [0.15, 0.2) is 11.1 Å². The number of thiophene rings is 1. The zero-order valence-electron chi connectivity index (χ0n) is 11.7. The van der Waals surface area contributed by atoms with Crippen LogP contribution in [0, 0.1) is 6.92 Å². The average molecular weight is 330 g/mol. The van der Waals surface area contributed by atoms with E-state index in [1.807, 2.05) is 0 Å². The quantitative estimate of drug-likeness (QED) is 0.668. The number of rotatable bonds is 2. The van der Waals surface area contributed by atoms with Crippen LogP contribution in [-0.2, 0) is 17.3 Å². The smallest absolute Gasteiger partial charge is 1.00 e. The summed E-state index contributed by atoms with van der Waals surface area (Å²) in [6, 6.07) is 6.26. The molecule has 1 aromatic carbocycles. The van der Waals surface area contributed by atoms with Gasteiger partial charge in [-0.15, -0.1) is 11.3 Å². The van der Waals surface area contributed by atoms with Crippen LogP contribution in [0.1, 0.15) is 11.9 Å². The summed E-state index contributed by atoms with van der Waals surface area (Å²) in [6.45, 7) is 1.76. The van der Waals surface area contributed by atoms with Gasteiger partial charge in [0.2, 0.25) is 0 Å². The van der Waals surface area contributed by atoms with Gasteiger partial charge >= 0.3 is 35.7 Å². The fraction of sp³-hybridized carbons (Fsp3) is 0.167. The molecule has 0 aliphatic carbocycles. The van der Waals surface area contributed by atoms with Gasteiger partial charge in [0.1, 0.15) is 4.21 Å². The predicted molar refractivity (Wildman–Crippen MR) is 69.6 cm³/mol. The molecule has 1 aromatic heterocycles. The molecule has 1 heterocycles. The summed E-state index contributed by atoms with van der Waals surface area (Å²) in [4.78, 5) is 0.789. The Morgan fingerprint density at radius 3 is 2.20 bits per heavy atom. The second-order valence-electron chi connectivity index (χ2n) is 3.86. The first-order valence-corrected chi connectivity index (χ1v) is 7.10. The molecule has 0 aliphatic rings. The van der Waals surface area contributed by atoms with E-state index in [9.17, 15) is 17.4 Å². The molecule has 0 fully saturated rings. The molecule has 1 N–H and O–H groups in total. The average Bonchev–Trinajstić information content (AvgIpc) is 2.70. The molecule has 20 heavy (non-hydrogen) atoms. The molecule has 1 unspecified atom stereocenters. The van der Waals surface area contributed by atoms with E-state index in [0.29, 0.717) is 11.1 Å². The van der Waals surface area contributed by atoms with Crippen LogP contribution in [0.25, 0.3) is 11.1 Å². The summed E-state index contributed by atoms with van der Waals surface area (Å²) in [5, 5.41) is 0. The first-order valence-electron chi connectivity index (χ1n) is 5.18. The molecule has 8 heteroatoms. The van der Waals surface area contributed by atoms with Crippen LogP contribution in [-0.4, -0.2) is 8.76 Å². The Balaban J connectivity index is 0.00000200. The molecule has 0 saturated heterocycles. The van der Waals surface area contributed by atoms with E-state index in [-0.39, 0.29) is 35.2 Å². The first kappa shape index (κ1) is 17.9. The Morgan fingerprint density at radius 1 is 1.25 bits per heavy atom. The van der Waals surface area contributed by atoms with Crippen LogP contribution in [0.5, 0.6) is 0 Å². The third-order valence-electron chi connectivity index (χ3n) is 2.59. The van der Waals surface area contributed by atoms with Crippen molar-refractivity contribution in [3.63, 3.8) is 0 Å².